The molecule has 0 spiro atoms. The van der Waals surface area contributed by atoms with Crippen LogP contribution in [-0.4, -0.2) is 38.2 Å². The number of anilines is 1. The molecule has 6 nitrogen and oxygen atoms in total. The number of para-hydroxylation sites is 1. The molecule has 0 aliphatic heterocycles. The highest BCUT2D eigenvalue weighted by molar-refractivity contribution is 5.98. The molecule has 0 saturated heterocycles. The molecule has 2 rings (SSSR count). The predicted molar refractivity (Wildman–Crippen MR) is 124 cm³/mol. The highest BCUT2D eigenvalue weighted by Gasteiger charge is 2.21. The van der Waals surface area contributed by atoms with Crippen LogP contribution >= 0.6 is 0 Å². The topological polar surface area (TPSA) is 76.7 Å². The first-order valence-electron chi connectivity index (χ1n) is 10.9. The molecule has 0 heterocycles. The Labute approximate surface area is 185 Å². The molecule has 0 radical (unpaired) electrons. The molecule has 0 aliphatic carbocycles. The Morgan fingerprint density at radius 1 is 1.03 bits per heavy atom. The molecule has 31 heavy (non-hydrogen) atoms. The summed E-state index contributed by atoms with van der Waals surface area (Å²) < 4.78 is 11.1. The third-order valence-electron chi connectivity index (χ3n) is 5.20. The van der Waals surface area contributed by atoms with Gasteiger partial charge >= 0.3 is 0 Å². The van der Waals surface area contributed by atoms with Gasteiger partial charge in [-0.25, -0.2) is 0 Å². The summed E-state index contributed by atoms with van der Waals surface area (Å²) in [4.78, 5) is 25.2. The van der Waals surface area contributed by atoms with Gasteiger partial charge in [-0.1, -0.05) is 45.0 Å². The summed E-state index contributed by atoms with van der Waals surface area (Å²) >= 11 is 0. The zero-order valence-corrected chi connectivity index (χ0v) is 18.9. The van der Waals surface area contributed by atoms with E-state index in [2.05, 4.69) is 24.5 Å². The summed E-state index contributed by atoms with van der Waals surface area (Å²) in [6, 6.07) is 14.8. The summed E-state index contributed by atoms with van der Waals surface area (Å²) in [5.74, 6) is 0.663. The lowest BCUT2D eigenvalue weighted by atomic mass is 9.98. The largest absolute Gasteiger partial charge is 0.480 e. The summed E-state index contributed by atoms with van der Waals surface area (Å²) in [6.07, 6.45) is 1.63. The van der Waals surface area contributed by atoms with Crippen molar-refractivity contribution in [2.24, 2.45) is 0 Å². The Morgan fingerprint density at radius 3 is 2.52 bits per heavy atom. The first-order valence-corrected chi connectivity index (χ1v) is 10.9. The number of carbonyl (C=O) groups is 2. The lowest BCUT2D eigenvalue weighted by Gasteiger charge is -2.21. The Hall–Kier alpha value is -2.86. The lowest BCUT2D eigenvalue weighted by Crippen LogP contribution is -2.33. The van der Waals surface area contributed by atoms with Crippen LogP contribution in [-0.2, 0) is 9.53 Å². The summed E-state index contributed by atoms with van der Waals surface area (Å²) in [6.45, 7) is 7.32. The number of methoxy groups -OCH3 is 1. The molecule has 0 aromatic heterocycles. The van der Waals surface area contributed by atoms with Gasteiger partial charge in [-0.2, -0.15) is 0 Å². The molecular weight excluding hydrogens is 392 g/mol. The van der Waals surface area contributed by atoms with Crippen molar-refractivity contribution < 1.29 is 19.1 Å². The Kier molecular flexibility index (Phi) is 10.0. The van der Waals surface area contributed by atoms with E-state index in [0.717, 1.165) is 24.2 Å². The van der Waals surface area contributed by atoms with Crippen molar-refractivity contribution >= 4 is 17.5 Å². The number of hydrogen-bond donors (Lipinski definition) is 2. The summed E-state index contributed by atoms with van der Waals surface area (Å²) in [7, 11) is 1.63. The molecule has 2 aromatic rings. The van der Waals surface area contributed by atoms with Gasteiger partial charge in [0, 0.05) is 31.5 Å². The van der Waals surface area contributed by atoms with Crippen molar-refractivity contribution in [1.82, 2.24) is 5.32 Å². The molecule has 0 saturated carbocycles. The molecule has 2 aromatic carbocycles. The first kappa shape index (κ1) is 24.4. The van der Waals surface area contributed by atoms with Crippen LogP contribution in [0.1, 0.15) is 61.9 Å². The minimum atomic E-state index is -0.628. The molecule has 168 valence electrons. The van der Waals surface area contributed by atoms with Crippen LogP contribution in [0.4, 0.5) is 5.69 Å². The second kappa shape index (κ2) is 12.7. The van der Waals surface area contributed by atoms with Gasteiger partial charge in [-0.15, -0.1) is 0 Å². The molecular formula is C25H34N2O4. The molecule has 2 amide bonds. The summed E-state index contributed by atoms with van der Waals surface area (Å²) in [5.41, 5.74) is 2.15. The van der Waals surface area contributed by atoms with Gasteiger partial charge in [-0.3, -0.25) is 9.59 Å². The van der Waals surface area contributed by atoms with Crippen LogP contribution in [0.15, 0.2) is 48.5 Å². The number of ether oxygens (including phenoxy) is 2. The number of benzene rings is 2. The van der Waals surface area contributed by atoms with Gasteiger partial charge in [0.15, 0.2) is 6.10 Å². The van der Waals surface area contributed by atoms with Crippen molar-refractivity contribution in [3.05, 3.63) is 59.7 Å². The van der Waals surface area contributed by atoms with E-state index in [0.29, 0.717) is 36.7 Å². The number of hydrogen-bond acceptors (Lipinski definition) is 4. The number of amides is 2. The highest BCUT2D eigenvalue weighted by atomic mass is 16.5. The molecule has 0 bridgehead atoms. The normalized spacial score (nSPS) is 12.6. The fourth-order valence-corrected chi connectivity index (χ4v) is 3.17. The second-order valence-electron chi connectivity index (χ2n) is 7.53. The van der Waals surface area contributed by atoms with Crippen LogP contribution in [0.2, 0.25) is 0 Å². The van der Waals surface area contributed by atoms with E-state index in [1.54, 1.807) is 31.4 Å². The third kappa shape index (κ3) is 7.40. The molecule has 0 fully saturated rings. The maximum absolute atomic E-state index is 12.9. The van der Waals surface area contributed by atoms with E-state index in [-0.39, 0.29) is 11.8 Å². The van der Waals surface area contributed by atoms with E-state index < -0.39 is 6.10 Å². The first-order chi connectivity index (χ1) is 15.0. The maximum atomic E-state index is 12.9. The van der Waals surface area contributed by atoms with Gasteiger partial charge < -0.3 is 20.1 Å². The van der Waals surface area contributed by atoms with Crippen LogP contribution < -0.4 is 15.4 Å². The van der Waals surface area contributed by atoms with Gasteiger partial charge in [-0.05, 0) is 55.0 Å². The van der Waals surface area contributed by atoms with E-state index in [4.69, 9.17) is 9.47 Å². The van der Waals surface area contributed by atoms with Crippen LogP contribution in [0.25, 0.3) is 0 Å². The SMILES string of the molecule is CCC(Oc1ccccc1C(C)CC)C(=O)Nc1cccc(C(=O)NCCCOC)c1. The highest BCUT2D eigenvalue weighted by Crippen LogP contribution is 2.29. The van der Waals surface area contributed by atoms with Gasteiger partial charge in [0.05, 0.1) is 0 Å². The average Bonchev–Trinajstić information content (AvgIpc) is 2.80. The van der Waals surface area contributed by atoms with Gasteiger partial charge in [0.25, 0.3) is 11.8 Å². The zero-order valence-electron chi connectivity index (χ0n) is 18.9. The van der Waals surface area contributed by atoms with Crippen molar-refractivity contribution in [1.29, 1.82) is 0 Å². The van der Waals surface area contributed by atoms with E-state index in [9.17, 15) is 9.59 Å². The van der Waals surface area contributed by atoms with Crippen LogP contribution in [0.5, 0.6) is 5.75 Å². The minimum Gasteiger partial charge on any atom is -0.480 e. The van der Waals surface area contributed by atoms with E-state index >= 15 is 0 Å². The van der Waals surface area contributed by atoms with Crippen LogP contribution in [0.3, 0.4) is 0 Å². The van der Waals surface area contributed by atoms with E-state index in [1.807, 2.05) is 31.2 Å². The maximum Gasteiger partial charge on any atom is 0.265 e. The molecule has 6 heteroatoms. The van der Waals surface area contributed by atoms with Crippen molar-refractivity contribution in [2.75, 3.05) is 25.6 Å². The molecule has 2 N–H and O–H groups in total. The Morgan fingerprint density at radius 2 is 1.81 bits per heavy atom. The van der Waals surface area contributed by atoms with E-state index in [1.165, 1.54) is 0 Å². The van der Waals surface area contributed by atoms with Crippen molar-refractivity contribution in [3.63, 3.8) is 0 Å². The monoisotopic (exact) mass is 426 g/mol. The Balaban J connectivity index is 2.04. The minimum absolute atomic E-state index is 0.182. The third-order valence-corrected chi connectivity index (χ3v) is 5.20. The number of carbonyl (C=O) groups excluding carboxylic acids is 2. The lowest BCUT2D eigenvalue weighted by molar-refractivity contribution is -0.122. The van der Waals surface area contributed by atoms with Crippen molar-refractivity contribution in [2.45, 2.75) is 52.1 Å². The Bertz CT molecular complexity index is 853. The standard InChI is InChI=1S/C25H34N2O4/c1-5-18(3)21-13-7-8-14-23(21)31-22(6-2)25(29)27-20-12-9-11-19(17-20)24(28)26-15-10-16-30-4/h7-9,11-14,17-18,22H,5-6,10,15-16H2,1-4H3,(H,26,28)(H,27,29). The van der Waals surface area contributed by atoms with Crippen molar-refractivity contribution in [3.8, 4) is 5.75 Å². The fraction of sp³-hybridized carbons (Fsp3) is 0.440. The smallest absolute Gasteiger partial charge is 0.265 e. The van der Waals surface area contributed by atoms with Gasteiger partial charge in [0.2, 0.25) is 0 Å². The summed E-state index contributed by atoms with van der Waals surface area (Å²) in [5, 5.41) is 5.73. The average molecular weight is 427 g/mol. The predicted octanol–water partition coefficient (Wildman–Crippen LogP) is 4.76. The molecule has 0 aliphatic rings. The molecule has 2 unspecified atom stereocenters. The van der Waals surface area contributed by atoms with Gasteiger partial charge in [0.1, 0.15) is 5.75 Å². The number of rotatable bonds is 12. The number of nitrogens with one attached hydrogen (secondary N) is 2. The molecule has 2 atom stereocenters. The quantitative estimate of drug-likeness (QED) is 0.480. The van der Waals surface area contributed by atoms with Crippen LogP contribution in [0, 0.1) is 0 Å². The fourth-order valence-electron chi connectivity index (χ4n) is 3.17. The zero-order chi connectivity index (χ0) is 22.6. The second-order valence-corrected chi connectivity index (χ2v) is 7.53.